The highest BCUT2D eigenvalue weighted by molar-refractivity contribution is 7.25. The molecular formula is C36H25ClN2S. The number of amidine groups is 1. The number of halogens is 1. The first-order valence-electron chi connectivity index (χ1n) is 13.4. The van der Waals surface area contributed by atoms with Crippen molar-refractivity contribution in [1.82, 2.24) is 0 Å². The number of fused-ring (bicyclic) bond motifs is 3. The van der Waals surface area contributed by atoms with E-state index in [1.165, 1.54) is 36.9 Å². The lowest BCUT2D eigenvalue weighted by Crippen LogP contribution is -2.05. The summed E-state index contributed by atoms with van der Waals surface area (Å²) in [7, 11) is 0. The van der Waals surface area contributed by atoms with Crippen LogP contribution in [-0.4, -0.2) is 11.5 Å². The predicted octanol–water partition coefficient (Wildman–Crippen LogP) is 10.3. The molecule has 0 atom stereocenters. The van der Waals surface area contributed by atoms with E-state index in [2.05, 4.69) is 126 Å². The molecule has 192 valence electrons. The molecule has 7 rings (SSSR count). The summed E-state index contributed by atoms with van der Waals surface area (Å²) < 4.78 is 2.56. The highest BCUT2D eigenvalue weighted by Crippen LogP contribution is 2.34. The van der Waals surface area contributed by atoms with Crippen molar-refractivity contribution in [2.24, 2.45) is 9.98 Å². The van der Waals surface area contributed by atoms with Gasteiger partial charge in [0, 0.05) is 32.2 Å². The summed E-state index contributed by atoms with van der Waals surface area (Å²) in [5, 5.41) is 3.05. The number of hydrogen-bond donors (Lipinski definition) is 0. The molecule has 0 N–H and O–H groups in total. The predicted molar refractivity (Wildman–Crippen MR) is 174 cm³/mol. The molecule has 2 aliphatic rings. The molecule has 4 heteroatoms. The Bertz CT molecular complexity index is 1930. The molecule has 2 nitrogen and oxygen atoms in total. The van der Waals surface area contributed by atoms with Crippen molar-refractivity contribution in [3.05, 3.63) is 149 Å². The summed E-state index contributed by atoms with van der Waals surface area (Å²) in [6, 6.07) is 32.3. The van der Waals surface area contributed by atoms with Gasteiger partial charge in [-0.15, -0.1) is 11.3 Å². The van der Waals surface area contributed by atoms with Crippen molar-refractivity contribution < 1.29 is 0 Å². The van der Waals surface area contributed by atoms with Crippen LogP contribution >= 0.6 is 22.9 Å². The molecular weight excluding hydrogens is 528 g/mol. The monoisotopic (exact) mass is 552 g/mol. The third-order valence-corrected chi connectivity index (χ3v) is 8.69. The molecule has 0 saturated carbocycles. The molecule has 4 aromatic carbocycles. The van der Waals surface area contributed by atoms with E-state index in [0.717, 1.165) is 28.8 Å². The van der Waals surface area contributed by atoms with E-state index in [4.69, 9.17) is 16.6 Å². The van der Waals surface area contributed by atoms with Gasteiger partial charge in [-0.2, -0.15) is 0 Å². The molecule has 5 aromatic rings. The van der Waals surface area contributed by atoms with Crippen LogP contribution in [0.5, 0.6) is 0 Å². The summed E-state index contributed by atoms with van der Waals surface area (Å²) in [6.45, 7) is 0. The Morgan fingerprint density at radius 3 is 2.15 bits per heavy atom. The average molecular weight is 553 g/mol. The van der Waals surface area contributed by atoms with Crippen LogP contribution in [0, 0.1) is 0 Å². The number of rotatable bonds is 4. The van der Waals surface area contributed by atoms with Gasteiger partial charge in [0.05, 0.1) is 5.71 Å². The zero-order valence-electron chi connectivity index (χ0n) is 21.7. The molecule has 1 aromatic heterocycles. The number of hydrogen-bond acceptors (Lipinski definition) is 3. The lowest BCUT2D eigenvalue weighted by Gasteiger charge is -2.08. The first-order chi connectivity index (χ1) is 19.7. The number of aliphatic imine (C=N–C) groups is 2. The largest absolute Gasteiger partial charge is 0.232 e. The third-order valence-electron chi connectivity index (χ3n) is 7.32. The van der Waals surface area contributed by atoms with Gasteiger partial charge in [-0.05, 0) is 52.5 Å². The Labute approximate surface area is 242 Å². The van der Waals surface area contributed by atoms with Gasteiger partial charge in [0.2, 0.25) is 0 Å². The smallest absolute Gasteiger partial charge is 0.161 e. The lowest BCUT2D eigenvalue weighted by molar-refractivity contribution is 1.40. The summed E-state index contributed by atoms with van der Waals surface area (Å²) >= 11 is 8.29. The van der Waals surface area contributed by atoms with Crippen LogP contribution < -0.4 is 0 Å². The fraction of sp³-hybridized carbons (Fsp3) is 0.0556. The van der Waals surface area contributed by atoms with Gasteiger partial charge in [0.1, 0.15) is 5.16 Å². The van der Waals surface area contributed by atoms with Crippen LogP contribution in [0.4, 0.5) is 0 Å². The van der Waals surface area contributed by atoms with Crippen molar-refractivity contribution in [1.29, 1.82) is 0 Å². The fourth-order valence-electron chi connectivity index (χ4n) is 5.20. The molecule has 2 heterocycles. The maximum absolute atomic E-state index is 6.47. The Kier molecular flexibility index (Phi) is 6.60. The maximum Gasteiger partial charge on any atom is 0.161 e. The van der Waals surface area contributed by atoms with E-state index in [1.54, 1.807) is 0 Å². The van der Waals surface area contributed by atoms with Gasteiger partial charge < -0.3 is 0 Å². The molecule has 0 amide bonds. The van der Waals surface area contributed by atoms with Crippen molar-refractivity contribution in [2.75, 3.05) is 0 Å². The van der Waals surface area contributed by atoms with Gasteiger partial charge >= 0.3 is 0 Å². The first kappa shape index (κ1) is 24.7. The van der Waals surface area contributed by atoms with Gasteiger partial charge in [-0.3, -0.25) is 0 Å². The van der Waals surface area contributed by atoms with E-state index < -0.39 is 0 Å². The van der Waals surface area contributed by atoms with Crippen LogP contribution in [0.25, 0.3) is 36.9 Å². The van der Waals surface area contributed by atoms with E-state index in [0.29, 0.717) is 17.4 Å². The minimum Gasteiger partial charge on any atom is -0.232 e. The summed E-state index contributed by atoms with van der Waals surface area (Å²) in [5.74, 6) is 0.632. The third kappa shape index (κ3) is 4.90. The van der Waals surface area contributed by atoms with E-state index in [-0.39, 0.29) is 0 Å². The topological polar surface area (TPSA) is 24.7 Å². The van der Waals surface area contributed by atoms with Crippen molar-refractivity contribution >= 4 is 60.2 Å². The Hall–Kier alpha value is -4.31. The fourth-order valence-corrected chi connectivity index (χ4v) is 6.51. The maximum atomic E-state index is 6.47. The van der Waals surface area contributed by atoms with Crippen molar-refractivity contribution in [2.45, 2.75) is 12.8 Å². The second kappa shape index (κ2) is 10.7. The summed E-state index contributed by atoms with van der Waals surface area (Å²) in [4.78, 5) is 9.65. The van der Waals surface area contributed by atoms with Crippen molar-refractivity contribution in [3.63, 3.8) is 0 Å². The molecule has 0 unspecified atom stereocenters. The minimum absolute atomic E-state index is 0.466. The van der Waals surface area contributed by atoms with Gasteiger partial charge in [0.25, 0.3) is 0 Å². The first-order valence-corrected chi connectivity index (χ1v) is 14.6. The zero-order chi connectivity index (χ0) is 26.9. The highest BCUT2D eigenvalue weighted by Gasteiger charge is 2.14. The Morgan fingerprint density at radius 2 is 1.32 bits per heavy atom. The minimum atomic E-state index is 0.466. The van der Waals surface area contributed by atoms with Crippen molar-refractivity contribution in [3.8, 4) is 11.1 Å². The molecule has 40 heavy (non-hydrogen) atoms. The van der Waals surface area contributed by atoms with Gasteiger partial charge in [-0.1, -0.05) is 121 Å². The number of allylic oxidation sites excluding steroid dienone is 7. The number of benzene rings is 4. The molecule has 1 aliphatic carbocycles. The van der Waals surface area contributed by atoms with Crippen LogP contribution in [0.2, 0.25) is 0 Å². The molecule has 0 saturated heterocycles. The quantitative estimate of drug-likeness (QED) is 0.198. The molecule has 1 aliphatic heterocycles. The average Bonchev–Trinajstić information content (AvgIpc) is 3.14. The lowest BCUT2D eigenvalue weighted by atomic mass is 9.99. The molecule has 0 fully saturated rings. The Balaban J connectivity index is 1.17. The molecule has 0 radical (unpaired) electrons. The zero-order valence-corrected chi connectivity index (χ0v) is 23.3. The van der Waals surface area contributed by atoms with E-state index in [9.17, 15) is 0 Å². The SMILES string of the molecule is ClC1=CCC(c2ccc3c(c2)sc2ccccc23)=NC(c2ccc(-c3ccc(C4=CCC=CC=C4)cc3)cc2)=N1. The number of nitrogens with zero attached hydrogens (tertiary/aromatic N) is 2. The van der Waals surface area contributed by atoms with Crippen LogP contribution in [0.1, 0.15) is 29.5 Å². The molecule has 0 bridgehead atoms. The second-order valence-corrected chi connectivity index (χ2v) is 11.3. The normalized spacial score (nSPS) is 15.3. The van der Waals surface area contributed by atoms with Crippen LogP contribution in [0.3, 0.4) is 0 Å². The van der Waals surface area contributed by atoms with E-state index >= 15 is 0 Å². The van der Waals surface area contributed by atoms with Gasteiger partial charge in [-0.25, -0.2) is 9.98 Å². The van der Waals surface area contributed by atoms with E-state index in [1.807, 2.05) is 17.4 Å². The summed E-state index contributed by atoms with van der Waals surface area (Å²) in [5.41, 5.74) is 7.81. The highest BCUT2D eigenvalue weighted by atomic mass is 35.5. The van der Waals surface area contributed by atoms with Crippen LogP contribution in [0.15, 0.2) is 143 Å². The molecule has 0 spiro atoms. The summed E-state index contributed by atoms with van der Waals surface area (Å²) in [6.07, 6.45) is 14.3. The second-order valence-electron chi connectivity index (χ2n) is 9.87. The van der Waals surface area contributed by atoms with Gasteiger partial charge in [0.15, 0.2) is 5.84 Å². The number of thiophene rings is 1. The standard InChI is InChI=1S/C36H25ClN2S/c37-35-22-21-32(29-19-20-31-30-9-5-6-10-33(30)40-34(31)23-29)38-36(39-35)28-17-15-27(16-18-28)26-13-11-25(12-14-26)24-7-3-1-2-4-8-24/h1-3,5-20,22-23H,4,21H2. The van der Waals surface area contributed by atoms with Crippen LogP contribution in [-0.2, 0) is 0 Å². The Morgan fingerprint density at radius 1 is 0.625 bits per heavy atom.